The summed E-state index contributed by atoms with van der Waals surface area (Å²) in [5.74, 6) is -5.68. The third-order valence-corrected chi connectivity index (χ3v) is 7.83. The minimum absolute atomic E-state index is 0.0510. The highest BCUT2D eigenvalue weighted by Crippen LogP contribution is 2.58. The number of phenols is 1. The van der Waals surface area contributed by atoms with Crippen LogP contribution in [-0.2, 0) is 19.1 Å². The lowest BCUT2D eigenvalue weighted by Gasteiger charge is -2.44. The fourth-order valence-electron chi connectivity index (χ4n) is 6.08. The molecule has 2 heterocycles. The molecule has 3 aliphatic rings. The molecule has 1 aromatic rings. The maximum Gasteiger partial charge on any atom is 0.303 e. The van der Waals surface area contributed by atoms with Crippen molar-refractivity contribution >= 4 is 17.8 Å². The molecule has 9 nitrogen and oxygen atoms in total. The Morgan fingerprint density at radius 2 is 1.79 bits per heavy atom. The maximum atomic E-state index is 13.3. The van der Waals surface area contributed by atoms with E-state index >= 15 is 0 Å². The summed E-state index contributed by atoms with van der Waals surface area (Å²) in [4.78, 5) is 38.4. The first-order valence-corrected chi connectivity index (χ1v) is 12.0. The molecule has 4 N–H and O–H groups in total. The van der Waals surface area contributed by atoms with E-state index in [4.69, 9.17) is 9.84 Å². The normalized spacial score (nSPS) is 32.7. The van der Waals surface area contributed by atoms with Crippen LogP contribution in [0.5, 0.6) is 5.75 Å². The van der Waals surface area contributed by atoms with E-state index in [1.807, 2.05) is 0 Å². The maximum absolute atomic E-state index is 13.3. The van der Waals surface area contributed by atoms with Gasteiger partial charge in [0.05, 0.1) is 24.5 Å². The van der Waals surface area contributed by atoms with Crippen LogP contribution in [0, 0.1) is 37.5 Å². The average molecular weight is 476 g/mol. The van der Waals surface area contributed by atoms with Gasteiger partial charge in [0.1, 0.15) is 5.75 Å². The first-order valence-electron chi connectivity index (χ1n) is 12.0. The summed E-state index contributed by atoms with van der Waals surface area (Å²) >= 11 is 0. The molecule has 1 saturated carbocycles. The molecule has 186 valence electrons. The Hall–Kier alpha value is -2.49. The fraction of sp³-hybridized carbons (Fsp3) is 0.640. The first kappa shape index (κ1) is 24.6. The monoisotopic (exact) mass is 475 g/mol. The molecule has 0 bridgehead atoms. The van der Waals surface area contributed by atoms with E-state index in [-0.39, 0.29) is 43.6 Å². The van der Waals surface area contributed by atoms with E-state index in [0.29, 0.717) is 36.8 Å². The number of hydrogen-bond acceptors (Lipinski definition) is 7. The van der Waals surface area contributed by atoms with Crippen molar-refractivity contribution in [2.24, 2.45) is 23.7 Å². The van der Waals surface area contributed by atoms with Gasteiger partial charge in [-0.25, -0.2) is 0 Å². The van der Waals surface area contributed by atoms with E-state index in [0.717, 1.165) is 5.56 Å². The molecule has 2 saturated heterocycles. The number of aliphatic hydroxyl groups is 2. The predicted octanol–water partition coefficient (Wildman–Crippen LogP) is 2.03. The summed E-state index contributed by atoms with van der Waals surface area (Å²) in [5, 5.41) is 40.5. The fourth-order valence-corrected chi connectivity index (χ4v) is 6.08. The van der Waals surface area contributed by atoms with Gasteiger partial charge in [-0.2, -0.15) is 0 Å². The summed E-state index contributed by atoms with van der Waals surface area (Å²) in [6.07, 6.45) is 1.60. The van der Waals surface area contributed by atoms with Crippen molar-refractivity contribution in [2.45, 2.75) is 64.3 Å². The Labute approximate surface area is 198 Å². The van der Waals surface area contributed by atoms with Gasteiger partial charge in [0.15, 0.2) is 5.79 Å². The van der Waals surface area contributed by atoms with Crippen molar-refractivity contribution in [3.05, 3.63) is 28.8 Å². The van der Waals surface area contributed by atoms with Gasteiger partial charge in [0.2, 0.25) is 11.8 Å². The van der Waals surface area contributed by atoms with E-state index in [1.165, 1.54) is 4.90 Å². The van der Waals surface area contributed by atoms with Crippen molar-refractivity contribution in [3.63, 3.8) is 0 Å². The number of hydrogen-bond donors (Lipinski definition) is 4. The number of carbonyl (C=O) groups is 3. The molecule has 2 aliphatic heterocycles. The highest BCUT2D eigenvalue weighted by molar-refractivity contribution is 6.05. The van der Waals surface area contributed by atoms with Gasteiger partial charge in [0.25, 0.3) is 0 Å². The average Bonchev–Trinajstić information content (AvgIpc) is 3.25. The number of carbonyl (C=O) groups excluding carboxylic acids is 2. The molecule has 0 radical (unpaired) electrons. The first-order chi connectivity index (χ1) is 16.1. The molecular weight excluding hydrogens is 442 g/mol. The number of aryl methyl sites for hydroxylation is 2. The molecule has 3 fully saturated rings. The second-order valence-electron chi connectivity index (χ2n) is 9.98. The van der Waals surface area contributed by atoms with E-state index in [9.17, 15) is 29.7 Å². The number of likely N-dealkylation sites (tertiary alicyclic amines) is 1. The lowest BCUT2D eigenvalue weighted by Crippen LogP contribution is -2.54. The second-order valence-corrected chi connectivity index (χ2v) is 9.98. The number of benzene rings is 1. The number of ether oxygens (including phenoxy) is 1. The van der Waals surface area contributed by atoms with Crippen LogP contribution in [-0.4, -0.2) is 62.0 Å². The minimum Gasteiger partial charge on any atom is -0.507 e. The third kappa shape index (κ3) is 4.10. The zero-order chi connectivity index (χ0) is 24.8. The molecule has 1 aliphatic carbocycles. The van der Waals surface area contributed by atoms with Gasteiger partial charge in [-0.05, 0) is 68.4 Å². The highest BCUT2D eigenvalue weighted by atomic mass is 16.6. The Balaban J connectivity index is 1.55. The molecule has 0 aromatic heterocycles. The van der Waals surface area contributed by atoms with Gasteiger partial charge in [-0.15, -0.1) is 0 Å². The summed E-state index contributed by atoms with van der Waals surface area (Å²) in [6.45, 7) is 3.42. The lowest BCUT2D eigenvalue weighted by molar-refractivity contribution is -0.274. The van der Waals surface area contributed by atoms with Crippen molar-refractivity contribution in [1.82, 2.24) is 4.90 Å². The number of aromatic hydroxyl groups is 1. The van der Waals surface area contributed by atoms with Crippen molar-refractivity contribution in [3.8, 4) is 5.75 Å². The summed E-state index contributed by atoms with van der Waals surface area (Å²) in [7, 11) is 0. The van der Waals surface area contributed by atoms with Gasteiger partial charge in [-0.3, -0.25) is 19.3 Å². The number of carboxylic acid groups (broad SMARTS) is 1. The zero-order valence-electron chi connectivity index (χ0n) is 19.6. The number of phenolic OH excluding ortho intramolecular Hbond substituents is 1. The van der Waals surface area contributed by atoms with Crippen LogP contribution >= 0.6 is 0 Å². The lowest BCUT2D eigenvalue weighted by atomic mass is 9.64. The molecule has 4 rings (SSSR count). The van der Waals surface area contributed by atoms with Crippen LogP contribution in [0.25, 0.3) is 0 Å². The molecule has 34 heavy (non-hydrogen) atoms. The van der Waals surface area contributed by atoms with E-state index in [2.05, 4.69) is 0 Å². The molecule has 1 aromatic carbocycles. The minimum atomic E-state index is -1.73. The number of rotatable bonds is 8. The van der Waals surface area contributed by atoms with Gasteiger partial charge >= 0.3 is 5.97 Å². The summed E-state index contributed by atoms with van der Waals surface area (Å²) in [6, 6.07) is 3.59. The third-order valence-electron chi connectivity index (χ3n) is 7.83. The molecule has 0 spiro atoms. The topological polar surface area (TPSA) is 145 Å². The van der Waals surface area contributed by atoms with Crippen LogP contribution in [0.4, 0.5) is 0 Å². The number of aliphatic hydroxyl groups excluding tert-OH is 1. The number of imide groups is 1. The summed E-state index contributed by atoms with van der Waals surface area (Å²) < 4.78 is 6.13. The Morgan fingerprint density at radius 1 is 1.12 bits per heavy atom. The van der Waals surface area contributed by atoms with Crippen LogP contribution in [0.15, 0.2) is 12.1 Å². The largest absolute Gasteiger partial charge is 0.507 e. The van der Waals surface area contributed by atoms with Crippen LogP contribution in [0.1, 0.15) is 61.3 Å². The standard InChI is InChI=1S/C25H33NO8/c1-13-8-15(9-14(2)22(13)30)19-11-18-21-17(10-16(12-27)25(18,33)34-19)23(31)26(24(21)32)7-5-3-4-6-20(28)29/h8-9,16-19,21,27,30,33H,3-7,10-12H2,1-2H3,(H,28,29)/t16-,17+,18+,19+,21+,25-/m1/s1. The van der Waals surface area contributed by atoms with Crippen LogP contribution < -0.4 is 0 Å². The Morgan fingerprint density at radius 3 is 2.41 bits per heavy atom. The molecule has 2 amide bonds. The van der Waals surface area contributed by atoms with Gasteiger partial charge < -0.3 is 25.2 Å². The van der Waals surface area contributed by atoms with Crippen molar-refractivity contribution in [2.75, 3.05) is 13.2 Å². The number of unbranched alkanes of at least 4 members (excludes halogenated alkanes) is 2. The van der Waals surface area contributed by atoms with Crippen molar-refractivity contribution in [1.29, 1.82) is 0 Å². The summed E-state index contributed by atoms with van der Waals surface area (Å²) in [5.41, 5.74) is 2.13. The number of nitrogens with zero attached hydrogens (tertiary/aromatic N) is 1. The van der Waals surface area contributed by atoms with Crippen LogP contribution in [0.2, 0.25) is 0 Å². The van der Waals surface area contributed by atoms with E-state index in [1.54, 1.807) is 26.0 Å². The molecule has 9 heteroatoms. The molecule has 0 unspecified atom stereocenters. The zero-order valence-corrected chi connectivity index (χ0v) is 19.6. The Kier molecular flexibility index (Phi) is 6.72. The van der Waals surface area contributed by atoms with Crippen LogP contribution in [0.3, 0.4) is 0 Å². The van der Waals surface area contributed by atoms with Gasteiger partial charge in [-0.1, -0.05) is 6.42 Å². The number of aliphatic carboxylic acids is 1. The second kappa shape index (κ2) is 9.28. The highest BCUT2D eigenvalue weighted by Gasteiger charge is 2.66. The molecule has 6 atom stereocenters. The quantitative estimate of drug-likeness (QED) is 0.330. The Bertz CT molecular complexity index is 970. The number of amides is 2. The van der Waals surface area contributed by atoms with Crippen molar-refractivity contribution < 1.29 is 39.5 Å². The number of fused-ring (bicyclic) bond motifs is 3. The van der Waals surface area contributed by atoms with E-state index < -0.39 is 41.5 Å². The smallest absolute Gasteiger partial charge is 0.303 e. The SMILES string of the molecule is Cc1cc([C@@H]2C[C@H]3[C@H]4C(=O)N(CCCCCC(=O)O)C(=O)[C@H]4C[C@H](CO)[C@@]3(O)O2)cc(C)c1O. The van der Waals surface area contributed by atoms with Gasteiger partial charge in [0, 0.05) is 24.8 Å². The number of carboxylic acids is 1. The molecular formula is C25H33NO8. The predicted molar refractivity (Wildman–Crippen MR) is 119 cm³/mol.